The number of nitrogens with zero attached hydrogens (tertiary/aromatic N) is 2. The first-order chi connectivity index (χ1) is 16.5. The lowest BCUT2D eigenvalue weighted by Gasteiger charge is -2.26. The van der Waals surface area contributed by atoms with Crippen molar-refractivity contribution in [3.05, 3.63) is 70.8 Å². The number of ether oxygens (including phenoxy) is 1. The fourth-order valence-electron chi connectivity index (χ4n) is 4.41. The highest BCUT2D eigenvalue weighted by Crippen LogP contribution is 2.21. The normalized spacial score (nSPS) is 21.5. The Morgan fingerprint density at radius 1 is 1.21 bits per heavy atom. The number of hydrogen-bond donors (Lipinski definition) is 0. The van der Waals surface area contributed by atoms with Gasteiger partial charge < -0.3 is 14.5 Å². The zero-order valence-electron chi connectivity index (χ0n) is 20.5. The van der Waals surface area contributed by atoms with Gasteiger partial charge in [-0.25, -0.2) is 4.79 Å². The molecule has 2 aliphatic heterocycles. The molecule has 1 fully saturated rings. The second kappa shape index (κ2) is 12.9. The summed E-state index contributed by atoms with van der Waals surface area (Å²) in [5.74, 6) is -0.371. The van der Waals surface area contributed by atoms with Crippen molar-refractivity contribution in [2.45, 2.75) is 58.8 Å². The lowest BCUT2D eigenvalue weighted by Crippen LogP contribution is -2.37. The molecule has 34 heavy (non-hydrogen) atoms. The lowest BCUT2D eigenvalue weighted by molar-refractivity contribution is -0.137. The number of rotatable bonds is 4. The zero-order valence-corrected chi connectivity index (χ0v) is 20.5. The minimum absolute atomic E-state index is 0.0355. The lowest BCUT2D eigenvalue weighted by atomic mass is 9.95. The van der Waals surface area contributed by atoms with E-state index in [2.05, 4.69) is 23.9 Å². The Kier molecular flexibility index (Phi) is 9.68. The first-order valence-electron chi connectivity index (χ1n) is 12.2. The van der Waals surface area contributed by atoms with Crippen molar-refractivity contribution in [1.29, 1.82) is 0 Å². The number of likely N-dealkylation sites (tertiary alicyclic amines) is 1. The number of cyclic esters (lactones) is 1. The monoisotopic (exact) mass is 464 g/mol. The molecule has 0 spiro atoms. The highest BCUT2D eigenvalue weighted by atomic mass is 16.6. The van der Waals surface area contributed by atoms with Crippen LogP contribution in [-0.2, 0) is 20.8 Å². The van der Waals surface area contributed by atoms with Gasteiger partial charge in [-0.1, -0.05) is 47.7 Å². The van der Waals surface area contributed by atoms with Crippen molar-refractivity contribution in [1.82, 2.24) is 4.90 Å². The van der Waals surface area contributed by atoms with E-state index in [9.17, 15) is 9.59 Å². The maximum Gasteiger partial charge on any atom is 0.338 e. The number of hydrogen-bond acceptors (Lipinski definition) is 5. The highest BCUT2D eigenvalue weighted by Gasteiger charge is 2.19. The Balaban J connectivity index is 1.84. The van der Waals surface area contributed by atoms with Gasteiger partial charge in [-0.15, -0.1) is 0 Å². The number of benzene rings is 1. The van der Waals surface area contributed by atoms with Crippen LogP contribution < -0.4 is 0 Å². The van der Waals surface area contributed by atoms with Crippen LogP contribution in [0.4, 0.5) is 0 Å². The van der Waals surface area contributed by atoms with Gasteiger partial charge >= 0.3 is 5.97 Å². The molecular weight excluding hydrogens is 428 g/mol. The quantitative estimate of drug-likeness (QED) is 0.451. The van der Waals surface area contributed by atoms with Gasteiger partial charge in [0, 0.05) is 25.9 Å². The molecule has 2 aliphatic rings. The molecule has 0 radical (unpaired) electrons. The van der Waals surface area contributed by atoms with E-state index in [1.807, 2.05) is 43.0 Å². The summed E-state index contributed by atoms with van der Waals surface area (Å²) in [6, 6.07) is 3.98. The number of fused-ring (bicyclic) bond motifs is 1. The number of amides is 1. The van der Waals surface area contributed by atoms with E-state index in [1.54, 1.807) is 0 Å². The number of carbonyl (C=O) groups excluding carboxylic acids is 2. The van der Waals surface area contributed by atoms with E-state index in [-0.39, 0.29) is 18.5 Å². The van der Waals surface area contributed by atoms with Crippen LogP contribution in [0.1, 0.15) is 65.6 Å². The number of carbonyl (C=O) groups is 2. The molecule has 0 aliphatic carbocycles. The fraction of sp³-hybridized carbons (Fsp3) is 0.464. The Labute approximate surface area is 203 Å². The SMILES string of the molecule is C=C/C1=C\CC/C=C/C(=N/OCC(=O)N2CCCCC2)Cc2cc(C)cc(C)c2C(=O)OCC1. The number of piperidine rings is 1. The summed E-state index contributed by atoms with van der Waals surface area (Å²) in [4.78, 5) is 32.8. The number of esters is 1. The third-order valence-electron chi connectivity index (χ3n) is 6.15. The molecule has 3 rings (SSSR count). The Bertz CT molecular complexity index is 984. The minimum atomic E-state index is -0.336. The second-order valence-corrected chi connectivity index (χ2v) is 8.94. The van der Waals surface area contributed by atoms with Crippen LogP contribution in [0.3, 0.4) is 0 Å². The maximum atomic E-state index is 13.0. The fourth-order valence-corrected chi connectivity index (χ4v) is 4.41. The molecule has 1 aromatic carbocycles. The van der Waals surface area contributed by atoms with Crippen LogP contribution in [0.5, 0.6) is 0 Å². The van der Waals surface area contributed by atoms with Gasteiger partial charge in [-0.3, -0.25) is 4.79 Å². The molecule has 2 heterocycles. The van der Waals surface area contributed by atoms with Crippen molar-refractivity contribution in [3.63, 3.8) is 0 Å². The molecule has 0 aromatic heterocycles. The number of allylic oxidation sites excluding steroid dienone is 4. The predicted molar refractivity (Wildman–Crippen MR) is 135 cm³/mol. The van der Waals surface area contributed by atoms with Gasteiger partial charge in [0.25, 0.3) is 5.91 Å². The predicted octanol–water partition coefficient (Wildman–Crippen LogP) is 5.24. The summed E-state index contributed by atoms with van der Waals surface area (Å²) >= 11 is 0. The van der Waals surface area contributed by atoms with Crippen molar-refractivity contribution < 1.29 is 19.2 Å². The van der Waals surface area contributed by atoms with Crippen LogP contribution in [0.25, 0.3) is 0 Å². The third-order valence-corrected chi connectivity index (χ3v) is 6.15. The van der Waals surface area contributed by atoms with Crippen molar-refractivity contribution in [3.8, 4) is 0 Å². The van der Waals surface area contributed by atoms with Crippen LogP contribution in [-0.4, -0.2) is 48.8 Å². The molecule has 0 saturated carbocycles. The third kappa shape index (κ3) is 7.44. The summed E-state index contributed by atoms with van der Waals surface area (Å²) < 4.78 is 5.61. The molecule has 0 atom stereocenters. The average molecular weight is 465 g/mol. The zero-order chi connectivity index (χ0) is 24.3. The summed E-state index contributed by atoms with van der Waals surface area (Å²) in [5.41, 5.74) is 5.07. The van der Waals surface area contributed by atoms with Gasteiger partial charge in [0.1, 0.15) is 0 Å². The molecule has 6 heteroatoms. The molecule has 0 unspecified atom stereocenters. The Morgan fingerprint density at radius 2 is 2.00 bits per heavy atom. The van der Waals surface area contributed by atoms with Crippen LogP contribution in [0, 0.1) is 13.8 Å². The standard InChI is InChI=1S/C28H36N2O4/c1-4-23-11-7-5-8-12-25(29-34-20-26(31)30-14-9-6-10-15-30)19-24-18-21(2)17-22(3)27(24)28(32)33-16-13-23/h4,8,11-12,17-18H,1,5-7,9-10,13-16,19-20H2,2-3H3/b12-8+,23-11+,29-25-. The van der Waals surface area contributed by atoms with Gasteiger partial charge in [0.05, 0.1) is 17.9 Å². The van der Waals surface area contributed by atoms with Gasteiger partial charge in [0.15, 0.2) is 6.61 Å². The van der Waals surface area contributed by atoms with E-state index >= 15 is 0 Å². The van der Waals surface area contributed by atoms with E-state index < -0.39 is 0 Å². The van der Waals surface area contributed by atoms with E-state index in [4.69, 9.17) is 9.57 Å². The second-order valence-electron chi connectivity index (χ2n) is 8.94. The average Bonchev–Trinajstić information content (AvgIpc) is 2.82. The van der Waals surface area contributed by atoms with E-state index in [0.29, 0.717) is 30.7 Å². The summed E-state index contributed by atoms with van der Waals surface area (Å²) in [5, 5.41) is 4.30. The Morgan fingerprint density at radius 3 is 2.76 bits per heavy atom. The topological polar surface area (TPSA) is 68.2 Å². The van der Waals surface area contributed by atoms with E-state index in [1.165, 1.54) is 6.42 Å². The molecule has 6 nitrogen and oxygen atoms in total. The molecule has 1 amide bonds. The first kappa shape index (κ1) is 25.5. The first-order valence-corrected chi connectivity index (χ1v) is 12.2. The molecule has 0 bridgehead atoms. The summed E-state index contributed by atoms with van der Waals surface area (Å²) in [6.45, 7) is 9.59. The summed E-state index contributed by atoms with van der Waals surface area (Å²) in [6.07, 6.45) is 13.9. The highest BCUT2D eigenvalue weighted by molar-refractivity contribution is 6.00. The van der Waals surface area contributed by atoms with Crippen LogP contribution in [0.15, 0.2) is 53.7 Å². The van der Waals surface area contributed by atoms with Crippen molar-refractivity contribution >= 4 is 17.6 Å². The van der Waals surface area contributed by atoms with Gasteiger partial charge in [-0.2, -0.15) is 0 Å². The largest absolute Gasteiger partial charge is 0.462 e. The van der Waals surface area contributed by atoms with Gasteiger partial charge in [-0.05, 0) is 68.7 Å². The molecule has 182 valence electrons. The van der Waals surface area contributed by atoms with E-state index in [0.717, 1.165) is 61.0 Å². The number of aryl methyl sites for hydroxylation is 2. The van der Waals surface area contributed by atoms with Crippen molar-refractivity contribution in [2.24, 2.45) is 5.16 Å². The maximum absolute atomic E-state index is 13.0. The minimum Gasteiger partial charge on any atom is -0.462 e. The summed E-state index contributed by atoms with van der Waals surface area (Å²) in [7, 11) is 0. The van der Waals surface area contributed by atoms with Crippen molar-refractivity contribution in [2.75, 3.05) is 26.3 Å². The Hall–Kier alpha value is -3.15. The smallest absolute Gasteiger partial charge is 0.338 e. The molecule has 1 saturated heterocycles. The van der Waals surface area contributed by atoms with Crippen LogP contribution in [0.2, 0.25) is 0 Å². The van der Waals surface area contributed by atoms with Gasteiger partial charge in [0.2, 0.25) is 0 Å². The number of oxime groups is 1. The molecule has 1 aromatic rings. The van der Waals surface area contributed by atoms with Crippen LogP contribution >= 0.6 is 0 Å². The molecular formula is C28H36N2O4. The molecule has 0 N–H and O–H groups in total.